The minimum Gasteiger partial charge on any atom is -0.481 e. The van der Waals surface area contributed by atoms with Crippen LogP contribution >= 0.6 is 0 Å². The molecule has 0 aromatic heterocycles. The fraction of sp³-hybridized carbons (Fsp3) is 0.889. The number of hydrogen-bond donors (Lipinski definition) is 1. The van der Waals surface area contributed by atoms with E-state index >= 15 is 0 Å². The van der Waals surface area contributed by atoms with Gasteiger partial charge in [0.2, 0.25) is 5.79 Å². The van der Waals surface area contributed by atoms with Crippen LogP contribution in [0.25, 0.3) is 0 Å². The molecular formula is C18H28O5. The number of carboxylic acids is 1. The predicted octanol–water partition coefficient (Wildman–Crippen LogP) is 3.51. The Hall–Kier alpha value is -1.10. The number of carbonyl (C=O) groups excluding carboxylic acids is 1. The molecule has 1 aliphatic carbocycles. The summed E-state index contributed by atoms with van der Waals surface area (Å²) < 4.78 is 12.1. The summed E-state index contributed by atoms with van der Waals surface area (Å²) in [6, 6.07) is 0. The number of carboxylic acid groups (broad SMARTS) is 1. The molecule has 2 heterocycles. The third-order valence-corrected chi connectivity index (χ3v) is 6.67. The summed E-state index contributed by atoms with van der Waals surface area (Å²) in [6.45, 7) is 8.46. The number of ether oxygens (including phenoxy) is 2. The second-order valence-electron chi connectivity index (χ2n) is 8.87. The molecule has 1 saturated carbocycles. The van der Waals surface area contributed by atoms with Gasteiger partial charge in [-0.15, -0.1) is 0 Å². The van der Waals surface area contributed by atoms with Gasteiger partial charge >= 0.3 is 11.9 Å². The summed E-state index contributed by atoms with van der Waals surface area (Å²) in [5.74, 6) is -1.84. The maximum absolute atomic E-state index is 12.3. The number of esters is 1. The maximum atomic E-state index is 12.3. The van der Waals surface area contributed by atoms with E-state index in [2.05, 4.69) is 20.8 Å². The first-order valence-electron chi connectivity index (χ1n) is 8.66. The van der Waals surface area contributed by atoms with E-state index in [1.807, 2.05) is 6.92 Å². The number of hydrogen-bond acceptors (Lipinski definition) is 4. The Morgan fingerprint density at radius 1 is 1.17 bits per heavy atom. The van der Waals surface area contributed by atoms with Crippen molar-refractivity contribution in [3.05, 3.63) is 0 Å². The van der Waals surface area contributed by atoms with E-state index < -0.39 is 17.4 Å². The van der Waals surface area contributed by atoms with Crippen LogP contribution in [0, 0.1) is 16.7 Å². The Kier molecular flexibility index (Phi) is 3.60. The van der Waals surface area contributed by atoms with Gasteiger partial charge in [0.15, 0.2) is 0 Å². The summed E-state index contributed by atoms with van der Waals surface area (Å²) in [4.78, 5) is 23.5. The van der Waals surface area contributed by atoms with Gasteiger partial charge in [0, 0.05) is 18.3 Å². The van der Waals surface area contributed by atoms with Crippen molar-refractivity contribution >= 4 is 11.9 Å². The Bertz CT molecular complexity index is 542. The van der Waals surface area contributed by atoms with Crippen molar-refractivity contribution in [1.82, 2.24) is 0 Å². The van der Waals surface area contributed by atoms with Crippen molar-refractivity contribution in [2.45, 2.75) is 84.0 Å². The van der Waals surface area contributed by atoms with E-state index in [4.69, 9.17) is 14.6 Å². The zero-order valence-electron chi connectivity index (χ0n) is 14.6. The van der Waals surface area contributed by atoms with Crippen LogP contribution in [-0.2, 0) is 19.1 Å². The molecule has 0 radical (unpaired) electrons. The molecule has 23 heavy (non-hydrogen) atoms. The van der Waals surface area contributed by atoms with Crippen LogP contribution in [-0.4, -0.2) is 28.4 Å². The predicted molar refractivity (Wildman–Crippen MR) is 83.6 cm³/mol. The highest BCUT2D eigenvalue weighted by Gasteiger charge is 2.68. The Labute approximate surface area is 137 Å². The molecule has 4 atom stereocenters. The molecule has 0 unspecified atom stereocenters. The van der Waals surface area contributed by atoms with Crippen molar-refractivity contribution < 1.29 is 24.2 Å². The Morgan fingerprint density at radius 2 is 1.87 bits per heavy atom. The summed E-state index contributed by atoms with van der Waals surface area (Å²) in [7, 11) is 0. The van der Waals surface area contributed by atoms with Gasteiger partial charge in [0.25, 0.3) is 0 Å². The molecule has 0 bridgehead atoms. The van der Waals surface area contributed by atoms with E-state index in [9.17, 15) is 9.59 Å². The molecule has 3 aliphatic rings. The minimum atomic E-state index is -0.963. The van der Waals surface area contributed by atoms with Crippen molar-refractivity contribution in [3.63, 3.8) is 0 Å². The molecule has 0 aromatic carbocycles. The van der Waals surface area contributed by atoms with Gasteiger partial charge in [-0.25, -0.2) is 0 Å². The third kappa shape index (κ3) is 2.48. The standard InChI is InChI=1S/C18H28O5/c1-15(2)6-5-7-17(4)12(15)10-14(21)22-18(17)9-8-16(3,23-18)11-13(19)20/h12H,5-11H2,1-4H3,(H,19,20)/t12-,16-,17-,18-/m0/s1. The molecule has 3 rings (SSSR count). The molecule has 5 nitrogen and oxygen atoms in total. The number of fused-ring (bicyclic) bond motifs is 2. The molecule has 5 heteroatoms. The smallest absolute Gasteiger partial charge is 0.308 e. The molecule has 0 aromatic rings. The summed E-state index contributed by atoms with van der Waals surface area (Å²) >= 11 is 0. The van der Waals surface area contributed by atoms with Crippen molar-refractivity contribution in [2.75, 3.05) is 0 Å². The Morgan fingerprint density at radius 3 is 2.52 bits per heavy atom. The van der Waals surface area contributed by atoms with Gasteiger partial charge in [-0.2, -0.15) is 0 Å². The van der Waals surface area contributed by atoms with Crippen molar-refractivity contribution in [2.24, 2.45) is 16.7 Å². The monoisotopic (exact) mass is 324 g/mol. The molecule has 1 spiro atoms. The van der Waals surface area contributed by atoms with Crippen LogP contribution in [0.4, 0.5) is 0 Å². The van der Waals surface area contributed by atoms with Crippen LogP contribution < -0.4 is 0 Å². The SMILES string of the molecule is CC1(C)CCC[C@@]2(C)[C@H]1CC(=O)O[C@]21CC[C@@](C)(CC(=O)O)O1. The summed E-state index contributed by atoms with van der Waals surface area (Å²) in [5.41, 5.74) is -0.952. The van der Waals surface area contributed by atoms with Gasteiger partial charge in [0.1, 0.15) is 0 Å². The third-order valence-electron chi connectivity index (χ3n) is 6.67. The summed E-state index contributed by atoms with van der Waals surface area (Å²) in [6.07, 6.45) is 4.71. The van der Waals surface area contributed by atoms with Gasteiger partial charge in [0.05, 0.1) is 12.0 Å². The first-order valence-corrected chi connectivity index (χ1v) is 8.66. The van der Waals surface area contributed by atoms with Crippen LogP contribution in [0.3, 0.4) is 0 Å². The number of carbonyl (C=O) groups is 2. The highest BCUT2D eigenvalue weighted by atomic mass is 16.7. The molecule has 1 N–H and O–H groups in total. The van der Waals surface area contributed by atoms with E-state index in [0.717, 1.165) is 19.3 Å². The highest BCUT2D eigenvalue weighted by molar-refractivity contribution is 5.72. The van der Waals surface area contributed by atoms with Crippen LogP contribution in [0.1, 0.15) is 72.6 Å². The lowest BCUT2D eigenvalue weighted by molar-refractivity contribution is -0.330. The molecule has 2 aliphatic heterocycles. The van der Waals surface area contributed by atoms with Crippen LogP contribution in [0.5, 0.6) is 0 Å². The maximum Gasteiger partial charge on any atom is 0.308 e. The van der Waals surface area contributed by atoms with Gasteiger partial charge in [-0.1, -0.05) is 27.2 Å². The second-order valence-corrected chi connectivity index (χ2v) is 8.87. The highest BCUT2D eigenvalue weighted by Crippen LogP contribution is 2.64. The average molecular weight is 324 g/mol. The fourth-order valence-corrected chi connectivity index (χ4v) is 5.44. The normalized spacial score (nSPS) is 45.6. The molecule has 2 saturated heterocycles. The zero-order chi connectivity index (χ0) is 17.1. The van der Waals surface area contributed by atoms with Crippen molar-refractivity contribution in [3.8, 4) is 0 Å². The van der Waals surface area contributed by atoms with Crippen molar-refractivity contribution in [1.29, 1.82) is 0 Å². The molecule has 0 amide bonds. The first kappa shape index (κ1) is 16.7. The summed E-state index contributed by atoms with van der Waals surface area (Å²) in [5, 5.41) is 9.17. The lowest BCUT2D eigenvalue weighted by Gasteiger charge is -2.59. The number of rotatable bonds is 2. The zero-order valence-corrected chi connectivity index (χ0v) is 14.6. The fourth-order valence-electron chi connectivity index (χ4n) is 5.44. The van der Waals surface area contributed by atoms with E-state index in [1.165, 1.54) is 0 Å². The lowest BCUT2D eigenvalue weighted by atomic mass is 9.51. The largest absolute Gasteiger partial charge is 0.481 e. The van der Waals surface area contributed by atoms with Gasteiger partial charge < -0.3 is 14.6 Å². The topological polar surface area (TPSA) is 72.8 Å². The van der Waals surface area contributed by atoms with Crippen LogP contribution in [0.2, 0.25) is 0 Å². The van der Waals surface area contributed by atoms with E-state index in [1.54, 1.807) is 0 Å². The van der Waals surface area contributed by atoms with Gasteiger partial charge in [-0.05, 0) is 37.5 Å². The van der Waals surface area contributed by atoms with Crippen LogP contribution in [0.15, 0.2) is 0 Å². The molecule has 130 valence electrons. The lowest BCUT2D eigenvalue weighted by Crippen LogP contribution is -2.62. The molecular weight excluding hydrogens is 296 g/mol. The molecule has 3 fully saturated rings. The quantitative estimate of drug-likeness (QED) is 0.787. The second kappa shape index (κ2) is 4.95. The Balaban J connectivity index is 1.98. The first-order chi connectivity index (χ1) is 10.5. The van der Waals surface area contributed by atoms with Gasteiger partial charge in [-0.3, -0.25) is 9.59 Å². The van der Waals surface area contributed by atoms with E-state index in [-0.39, 0.29) is 29.1 Å². The minimum absolute atomic E-state index is 0.0591. The number of aliphatic carboxylic acids is 1. The van der Waals surface area contributed by atoms with E-state index in [0.29, 0.717) is 19.3 Å². The average Bonchev–Trinajstić information content (AvgIpc) is 2.70.